The van der Waals surface area contributed by atoms with Crippen molar-refractivity contribution in [2.45, 2.75) is 13.0 Å². The lowest BCUT2D eigenvalue weighted by Crippen LogP contribution is -2.34. The molecule has 3 N–H and O–H groups in total. The van der Waals surface area contributed by atoms with Crippen LogP contribution in [0.1, 0.15) is 6.42 Å². The van der Waals surface area contributed by atoms with E-state index in [2.05, 4.69) is 0 Å². The second-order valence-electron chi connectivity index (χ2n) is 3.82. The van der Waals surface area contributed by atoms with Crippen LogP contribution in [-0.2, 0) is 11.3 Å². The first kappa shape index (κ1) is 13.2. The van der Waals surface area contributed by atoms with Crippen molar-refractivity contribution in [3.63, 3.8) is 0 Å². The zero-order chi connectivity index (χ0) is 12.8. The normalized spacial score (nSPS) is 10.2. The van der Waals surface area contributed by atoms with E-state index in [4.69, 9.17) is 10.8 Å². The van der Waals surface area contributed by atoms with Crippen molar-refractivity contribution in [3.8, 4) is 0 Å². The number of rotatable bonds is 5. The number of aromatic nitrogens is 1. The fourth-order valence-electron chi connectivity index (χ4n) is 1.37. The van der Waals surface area contributed by atoms with Gasteiger partial charge < -0.3 is 20.3 Å². The first-order valence-electron chi connectivity index (χ1n) is 5.35. The molecule has 17 heavy (non-hydrogen) atoms. The quantitative estimate of drug-likeness (QED) is 0.709. The highest BCUT2D eigenvalue weighted by molar-refractivity contribution is 5.75. The Morgan fingerprint density at radius 3 is 2.88 bits per heavy atom. The van der Waals surface area contributed by atoms with Crippen LogP contribution in [0.25, 0.3) is 0 Å². The van der Waals surface area contributed by atoms with Gasteiger partial charge in [0, 0.05) is 38.1 Å². The van der Waals surface area contributed by atoms with E-state index in [0.717, 1.165) is 0 Å². The Bertz CT molecular complexity index is 442. The minimum absolute atomic E-state index is 0.0359. The van der Waals surface area contributed by atoms with Crippen molar-refractivity contribution in [1.29, 1.82) is 0 Å². The lowest BCUT2D eigenvalue weighted by Gasteiger charge is -2.17. The van der Waals surface area contributed by atoms with Gasteiger partial charge in [0.05, 0.1) is 0 Å². The molecule has 1 heterocycles. The Kier molecular flexibility index (Phi) is 4.71. The summed E-state index contributed by atoms with van der Waals surface area (Å²) in [6.45, 7) is 0.466. The molecule has 1 aromatic rings. The van der Waals surface area contributed by atoms with Gasteiger partial charge in [-0.3, -0.25) is 9.59 Å². The average molecular weight is 239 g/mol. The first-order chi connectivity index (χ1) is 8.04. The van der Waals surface area contributed by atoms with Crippen molar-refractivity contribution in [2.75, 3.05) is 25.9 Å². The molecule has 1 amide bonds. The summed E-state index contributed by atoms with van der Waals surface area (Å²) < 4.78 is 1.27. The molecule has 1 aromatic heterocycles. The molecule has 0 atom stereocenters. The van der Waals surface area contributed by atoms with Crippen molar-refractivity contribution >= 4 is 11.6 Å². The predicted octanol–water partition coefficient (Wildman–Crippen LogP) is -0.729. The number of anilines is 1. The van der Waals surface area contributed by atoms with E-state index in [1.165, 1.54) is 27.8 Å². The fraction of sp³-hybridized carbons (Fsp3) is 0.455. The molecule has 0 aliphatic rings. The molecule has 1 rings (SSSR count). The van der Waals surface area contributed by atoms with Crippen molar-refractivity contribution in [3.05, 3.63) is 28.7 Å². The van der Waals surface area contributed by atoms with Gasteiger partial charge in [-0.2, -0.15) is 0 Å². The molecule has 0 radical (unpaired) electrons. The van der Waals surface area contributed by atoms with E-state index in [0.29, 0.717) is 18.7 Å². The van der Waals surface area contributed by atoms with Gasteiger partial charge in [-0.15, -0.1) is 0 Å². The monoisotopic (exact) mass is 239 g/mol. The summed E-state index contributed by atoms with van der Waals surface area (Å²) in [4.78, 5) is 24.6. The number of amides is 1. The summed E-state index contributed by atoms with van der Waals surface area (Å²) in [5.41, 5.74) is 5.72. The summed E-state index contributed by atoms with van der Waals surface area (Å²) >= 11 is 0. The molecule has 0 bridgehead atoms. The van der Waals surface area contributed by atoms with E-state index in [9.17, 15) is 9.59 Å². The van der Waals surface area contributed by atoms with E-state index >= 15 is 0 Å². The van der Waals surface area contributed by atoms with E-state index < -0.39 is 0 Å². The van der Waals surface area contributed by atoms with Crippen molar-refractivity contribution in [2.24, 2.45) is 0 Å². The minimum atomic E-state index is -0.261. The van der Waals surface area contributed by atoms with Crippen LogP contribution < -0.4 is 11.3 Å². The zero-order valence-electron chi connectivity index (χ0n) is 9.80. The smallest absolute Gasteiger partial charge is 0.251 e. The molecule has 0 saturated carbocycles. The van der Waals surface area contributed by atoms with Gasteiger partial charge in [0.2, 0.25) is 5.91 Å². The fourth-order valence-corrected chi connectivity index (χ4v) is 1.37. The number of carbonyl (C=O) groups excluding carboxylic acids is 1. The Hall–Kier alpha value is -1.82. The standard InChI is InChI=1S/C11H17N3O3/c1-13(5-2-6-15)11(17)8-14-7-9(12)3-4-10(14)16/h3-4,7,15H,2,5-6,8,12H2,1H3. The maximum atomic E-state index is 11.7. The highest BCUT2D eigenvalue weighted by atomic mass is 16.3. The summed E-state index contributed by atoms with van der Waals surface area (Å²) in [7, 11) is 1.63. The number of nitrogen functional groups attached to an aromatic ring is 1. The lowest BCUT2D eigenvalue weighted by atomic mass is 10.3. The van der Waals surface area contributed by atoms with Gasteiger partial charge in [0.15, 0.2) is 0 Å². The number of carbonyl (C=O) groups is 1. The van der Waals surface area contributed by atoms with Gasteiger partial charge in [-0.1, -0.05) is 0 Å². The van der Waals surface area contributed by atoms with Crippen molar-refractivity contribution < 1.29 is 9.90 Å². The number of aliphatic hydroxyl groups is 1. The molecule has 0 fully saturated rings. The molecular weight excluding hydrogens is 222 g/mol. The van der Waals surface area contributed by atoms with Crippen LogP contribution in [0.4, 0.5) is 5.69 Å². The molecule has 0 aliphatic heterocycles. The summed E-state index contributed by atoms with van der Waals surface area (Å²) in [6.07, 6.45) is 1.97. The third-order valence-electron chi connectivity index (χ3n) is 2.39. The SMILES string of the molecule is CN(CCCO)C(=O)Cn1cc(N)ccc1=O. The van der Waals surface area contributed by atoms with E-state index in [-0.39, 0.29) is 24.6 Å². The highest BCUT2D eigenvalue weighted by Gasteiger charge is 2.09. The van der Waals surface area contributed by atoms with Gasteiger partial charge in [0.25, 0.3) is 5.56 Å². The maximum absolute atomic E-state index is 11.7. The Labute approximate surface area is 99.3 Å². The summed E-state index contributed by atoms with van der Waals surface area (Å²) in [6, 6.07) is 2.83. The number of nitrogens with zero attached hydrogens (tertiary/aromatic N) is 2. The number of aliphatic hydroxyl groups excluding tert-OH is 1. The topological polar surface area (TPSA) is 88.6 Å². The van der Waals surface area contributed by atoms with Crippen LogP contribution in [0.2, 0.25) is 0 Å². The summed E-state index contributed by atoms with van der Waals surface area (Å²) in [5, 5.41) is 8.66. The Morgan fingerprint density at radius 2 is 2.24 bits per heavy atom. The minimum Gasteiger partial charge on any atom is -0.398 e. The number of hydrogen-bond acceptors (Lipinski definition) is 4. The van der Waals surface area contributed by atoms with Gasteiger partial charge in [0.1, 0.15) is 6.54 Å². The average Bonchev–Trinajstić information content (AvgIpc) is 2.30. The molecule has 6 nitrogen and oxygen atoms in total. The van der Waals surface area contributed by atoms with E-state index in [1.807, 2.05) is 0 Å². The molecule has 6 heteroatoms. The second kappa shape index (κ2) is 6.05. The number of likely N-dealkylation sites (N-methyl/N-ethyl adjacent to an activating group) is 1. The third-order valence-corrected chi connectivity index (χ3v) is 2.39. The number of hydrogen-bond donors (Lipinski definition) is 2. The molecule has 0 aromatic carbocycles. The molecular formula is C11H17N3O3. The predicted molar refractivity (Wildman–Crippen MR) is 64.5 cm³/mol. The van der Waals surface area contributed by atoms with Gasteiger partial charge in [-0.25, -0.2) is 0 Å². The molecule has 94 valence electrons. The highest BCUT2D eigenvalue weighted by Crippen LogP contribution is 1.97. The molecule has 0 unspecified atom stereocenters. The van der Waals surface area contributed by atoms with Crippen LogP contribution >= 0.6 is 0 Å². The maximum Gasteiger partial charge on any atom is 0.251 e. The lowest BCUT2D eigenvalue weighted by molar-refractivity contribution is -0.130. The number of pyridine rings is 1. The third kappa shape index (κ3) is 3.92. The number of nitrogens with two attached hydrogens (primary N) is 1. The van der Waals surface area contributed by atoms with Crippen LogP contribution in [0.15, 0.2) is 23.1 Å². The van der Waals surface area contributed by atoms with Gasteiger partial charge >= 0.3 is 0 Å². The van der Waals surface area contributed by atoms with Crippen molar-refractivity contribution in [1.82, 2.24) is 9.47 Å². The van der Waals surface area contributed by atoms with E-state index in [1.54, 1.807) is 7.05 Å². The molecule has 0 spiro atoms. The largest absolute Gasteiger partial charge is 0.398 e. The second-order valence-corrected chi connectivity index (χ2v) is 3.82. The zero-order valence-corrected chi connectivity index (χ0v) is 9.80. The van der Waals surface area contributed by atoms with Crippen LogP contribution in [0.3, 0.4) is 0 Å². The van der Waals surface area contributed by atoms with Crippen LogP contribution in [-0.4, -0.2) is 40.7 Å². The Morgan fingerprint density at radius 1 is 1.53 bits per heavy atom. The summed E-state index contributed by atoms with van der Waals surface area (Å²) in [5.74, 6) is -0.189. The first-order valence-corrected chi connectivity index (χ1v) is 5.35. The molecule has 0 saturated heterocycles. The Balaban J connectivity index is 2.67. The van der Waals surface area contributed by atoms with Gasteiger partial charge in [-0.05, 0) is 12.5 Å². The van der Waals surface area contributed by atoms with Crippen LogP contribution in [0.5, 0.6) is 0 Å². The molecule has 0 aliphatic carbocycles. The van der Waals surface area contributed by atoms with Crippen LogP contribution in [0, 0.1) is 0 Å².